The highest BCUT2D eigenvalue weighted by molar-refractivity contribution is 5.72. The van der Waals surface area contributed by atoms with Crippen molar-refractivity contribution in [2.45, 2.75) is 103 Å². The standard InChI is InChI=1S/C37H53NO8/c1-5-36(41)46-35-24-37(42)45-28(3)17-20-38(25-32(40)27(2)22-30(18-21-39)23-34(35)43-4)19-11-15-31-14-9-10-16-33(31)44-26-29-12-7-6-8-13-29/h6-10,12-14,16,21,27-28,30,32,34-35,40H,5,11,15,17-20,22-26H2,1-4H3. The van der Waals surface area contributed by atoms with Crippen molar-refractivity contribution in [2.75, 3.05) is 26.7 Å². The summed E-state index contributed by atoms with van der Waals surface area (Å²) in [6.07, 6.45) is 2.06. The zero-order chi connectivity index (χ0) is 33.3. The lowest BCUT2D eigenvalue weighted by Crippen LogP contribution is -2.39. The number of para-hydroxylation sites is 1. The molecule has 1 saturated heterocycles. The minimum Gasteiger partial charge on any atom is -0.489 e. The van der Waals surface area contributed by atoms with Gasteiger partial charge < -0.3 is 33.7 Å². The van der Waals surface area contributed by atoms with Crippen LogP contribution in [-0.2, 0) is 41.6 Å². The number of methoxy groups -OCH3 is 1. The number of ether oxygens (including phenoxy) is 4. The molecule has 6 unspecified atom stereocenters. The van der Waals surface area contributed by atoms with Crippen molar-refractivity contribution < 1.29 is 38.4 Å². The van der Waals surface area contributed by atoms with Crippen LogP contribution in [0.15, 0.2) is 54.6 Å². The number of aldehydes is 1. The number of cyclic esters (lactones) is 1. The third kappa shape index (κ3) is 12.9. The summed E-state index contributed by atoms with van der Waals surface area (Å²) < 4.78 is 23.2. The fourth-order valence-corrected chi connectivity index (χ4v) is 6.02. The minimum atomic E-state index is -0.826. The molecule has 1 aliphatic rings. The Morgan fingerprint density at radius 2 is 1.80 bits per heavy atom. The summed E-state index contributed by atoms with van der Waals surface area (Å²) in [6, 6.07) is 18.2. The molecular formula is C37H53NO8. The van der Waals surface area contributed by atoms with Crippen LogP contribution in [0.2, 0.25) is 0 Å². The van der Waals surface area contributed by atoms with Gasteiger partial charge in [-0.15, -0.1) is 0 Å². The molecule has 0 amide bonds. The van der Waals surface area contributed by atoms with Crippen molar-refractivity contribution in [3.05, 3.63) is 65.7 Å². The molecule has 2 aromatic carbocycles. The van der Waals surface area contributed by atoms with E-state index in [0.717, 1.165) is 42.5 Å². The molecule has 0 aliphatic carbocycles. The second-order valence-corrected chi connectivity index (χ2v) is 12.5. The van der Waals surface area contributed by atoms with Crippen LogP contribution in [0.1, 0.15) is 76.8 Å². The molecular weight excluding hydrogens is 586 g/mol. The molecule has 0 bridgehead atoms. The van der Waals surface area contributed by atoms with Crippen LogP contribution in [0.5, 0.6) is 5.75 Å². The molecule has 0 aromatic heterocycles. The molecule has 9 heteroatoms. The van der Waals surface area contributed by atoms with Gasteiger partial charge in [-0.2, -0.15) is 0 Å². The van der Waals surface area contributed by atoms with Gasteiger partial charge >= 0.3 is 11.9 Å². The van der Waals surface area contributed by atoms with E-state index in [1.165, 1.54) is 7.11 Å². The Labute approximate surface area is 274 Å². The number of rotatable bonds is 12. The first-order valence-corrected chi connectivity index (χ1v) is 16.7. The molecule has 6 atom stereocenters. The van der Waals surface area contributed by atoms with Gasteiger partial charge in [0.25, 0.3) is 0 Å². The summed E-state index contributed by atoms with van der Waals surface area (Å²) in [5.41, 5.74) is 2.25. The Hall–Kier alpha value is -3.27. The summed E-state index contributed by atoms with van der Waals surface area (Å²) in [5.74, 6) is -0.221. The van der Waals surface area contributed by atoms with Gasteiger partial charge in [0.1, 0.15) is 30.9 Å². The van der Waals surface area contributed by atoms with Crippen molar-refractivity contribution >= 4 is 18.2 Å². The van der Waals surface area contributed by atoms with Gasteiger partial charge in [-0.3, -0.25) is 9.59 Å². The molecule has 2 aromatic rings. The van der Waals surface area contributed by atoms with E-state index < -0.39 is 30.3 Å². The third-order valence-electron chi connectivity index (χ3n) is 8.77. The van der Waals surface area contributed by atoms with Crippen molar-refractivity contribution in [1.29, 1.82) is 0 Å². The number of carbonyl (C=O) groups excluding carboxylic acids is 3. The lowest BCUT2D eigenvalue weighted by Gasteiger charge is -2.31. The lowest BCUT2D eigenvalue weighted by molar-refractivity contribution is -0.165. The van der Waals surface area contributed by atoms with Gasteiger partial charge in [0.2, 0.25) is 0 Å². The largest absolute Gasteiger partial charge is 0.489 e. The van der Waals surface area contributed by atoms with Crippen LogP contribution in [0.3, 0.4) is 0 Å². The second-order valence-electron chi connectivity index (χ2n) is 12.5. The predicted molar refractivity (Wildman–Crippen MR) is 176 cm³/mol. The average molecular weight is 640 g/mol. The number of aryl methyl sites for hydroxylation is 1. The smallest absolute Gasteiger partial charge is 0.309 e. The van der Waals surface area contributed by atoms with E-state index in [9.17, 15) is 19.5 Å². The van der Waals surface area contributed by atoms with Gasteiger partial charge in [0.05, 0.1) is 18.6 Å². The third-order valence-corrected chi connectivity index (χ3v) is 8.77. The minimum absolute atomic E-state index is 0.0888. The van der Waals surface area contributed by atoms with Gasteiger partial charge in [-0.05, 0) is 74.6 Å². The van der Waals surface area contributed by atoms with E-state index in [0.29, 0.717) is 39.0 Å². The molecule has 46 heavy (non-hydrogen) atoms. The Bertz CT molecular complexity index is 1190. The maximum atomic E-state index is 13.0. The van der Waals surface area contributed by atoms with Crippen molar-refractivity contribution in [3.63, 3.8) is 0 Å². The second kappa shape index (κ2) is 20.1. The number of hydrogen-bond donors (Lipinski definition) is 1. The number of nitrogens with zero attached hydrogens (tertiary/aromatic N) is 1. The number of esters is 2. The molecule has 0 saturated carbocycles. The molecule has 254 valence electrons. The summed E-state index contributed by atoms with van der Waals surface area (Å²) in [5, 5.41) is 11.3. The van der Waals surface area contributed by atoms with E-state index in [2.05, 4.69) is 11.0 Å². The number of aliphatic hydroxyl groups is 1. The Morgan fingerprint density at radius 3 is 2.52 bits per heavy atom. The summed E-state index contributed by atoms with van der Waals surface area (Å²) in [4.78, 5) is 39.1. The van der Waals surface area contributed by atoms with Crippen LogP contribution in [0.4, 0.5) is 0 Å². The van der Waals surface area contributed by atoms with Gasteiger partial charge in [-0.1, -0.05) is 62.4 Å². The Balaban J connectivity index is 1.70. The molecule has 3 rings (SSSR count). The van der Waals surface area contributed by atoms with Gasteiger partial charge in [0.15, 0.2) is 0 Å². The molecule has 1 aliphatic heterocycles. The normalized spacial score (nSPS) is 25.5. The topological polar surface area (TPSA) is 112 Å². The first-order valence-electron chi connectivity index (χ1n) is 16.7. The van der Waals surface area contributed by atoms with Gasteiger partial charge in [-0.25, -0.2) is 0 Å². The van der Waals surface area contributed by atoms with Crippen LogP contribution in [0.25, 0.3) is 0 Å². The molecule has 1 fully saturated rings. The van der Waals surface area contributed by atoms with Crippen LogP contribution in [0, 0.1) is 11.8 Å². The molecule has 0 spiro atoms. The monoisotopic (exact) mass is 639 g/mol. The van der Waals surface area contributed by atoms with Crippen molar-refractivity contribution in [3.8, 4) is 5.75 Å². The lowest BCUT2D eigenvalue weighted by atomic mass is 9.85. The number of benzene rings is 2. The van der Waals surface area contributed by atoms with Crippen molar-refractivity contribution in [2.24, 2.45) is 11.8 Å². The molecule has 1 N–H and O–H groups in total. The van der Waals surface area contributed by atoms with Crippen molar-refractivity contribution in [1.82, 2.24) is 4.90 Å². The maximum absolute atomic E-state index is 13.0. The number of carbonyl (C=O) groups is 3. The molecule has 1 heterocycles. The maximum Gasteiger partial charge on any atom is 0.309 e. The quantitative estimate of drug-likeness (QED) is 0.236. The Kier molecular flexibility index (Phi) is 16.2. The highest BCUT2D eigenvalue weighted by atomic mass is 16.6. The van der Waals surface area contributed by atoms with Crippen LogP contribution >= 0.6 is 0 Å². The fourth-order valence-electron chi connectivity index (χ4n) is 6.02. The average Bonchev–Trinajstić information content (AvgIpc) is 3.05. The van der Waals surface area contributed by atoms with E-state index >= 15 is 0 Å². The number of aliphatic hydroxyl groups excluding tert-OH is 1. The first kappa shape index (κ1) is 37.2. The zero-order valence-corrected chi connectivity index (χ0v) is 28.0. The summed E-state index contributed by atoms with van der Waals surface area (Å²) in [7, 11) is 1.52. The van der Waals surface area contributed by atoms with E-state index in [4.69, 9.17) is 18.9 Å². The fraction of sp³-hybridized carbons (Fsp3) is 0.595. The van der Waals surface area contributed by atoms with Crippen LogP contribution in [-0.4, -0.2) is 79.4 Å². The first-order chi connectivity index (χ1) is 22.2. The molecule has 0 radical (unpaired) electrons. The van der Waals surface area contributed by atoms with E-state index in [-0.39, 0.29) is 37.2 Å². The molecule has 9 nitrogen and oxygen atoms in total. The zero-order valence-electron chi connectivity index (χ0n) is 28.0. The van der Waals surface area contributed by atoms with Gasteiger partial charge in [0, 0.05) is 33.0 Å². The SMILES string of the molecule is CCC(=O)OC1CC(=O)OC(C)CCN(CCCc2ccccc2OCc2ccccc2)CC(O)C(C)CC(CC=O)CC1OC. The van der Waals surface area contributed by atoms with E-state index in [1.807, 2.05) is 62.4 Å². The number of hydrogen-bond acceptors (Lipinski definition) is 9. The Morgan fingerprint density at radius 1 is 1.07 bits per heavy atom. The highest BCUT2D eigenvalue weighted by Gasteiger charge is 2.33. The van der Waals surface area contributed by atoms with Crippen LogP contribution < -0.4 is 4.74 Å². The van der Waals surface area contributed by atoms with E-state index in [1.54, 1.807) is 6.92 Å². The number of β-amino-alcohol motifs (C(OH)–C–C–N with tert-alkyl or cyclic N) is 1. The highest BCUT2D eigenvalue weighted by Crippen LogP contribution is 2.28. The summed E-state index contributed by atoms with van der Waals surface area (Å²) >= 11 is 0. The summed E-state index contributed by atoms with van der Waals surface area (Å²) in [6.45, 7) is 7.90. The predicted octanol–water partition coefficient (Wildman–Crippen LogP) is 5.54.